The molecule has 148 valence electrons. The van der Waals surface area contributed by atoms with E-state index in [1.165, 1.54) is 12.1 Å². The first kappa shape index (κ1) is 20.1. The van der Waals surface area contributed by atoms with Crippen molar-refractivity contribution < 1.29 is 19.2 Å². The summed E-state index contributed by atoms with van der Waals surface area (Å²) in [5, 5.41) is 11.4. The van der Waals surface area contributed by atoms with Crippen LogP contribution in [0.2, 0.25) is 0 Å². The Morgan fingerprint density at radius 1 is 1.29 bits per heavy atom. The van der Waals surface area contributed by atoms with Crippen LogP contribution in [0.3, 0.4) is 0 Å². The number of amides is 1. The summed E-state index contributed by atoms with van der Waals surface area (Å²) in [4.78, 5) is 25.8. The van der Waals surface area contributed by atoms with Gasteiger partial charge in [0, 0.05) is 28.2 Å². The fourth-order valence-electron chi connectivity index (χ4n) is 3.54. The van der Waals surface area contributed by atoms with E-state index in [1.54, 1.807) is 25.0 Å². The van der Waals surface area contributed by atoms with Crippen LogP contribution in [0.1, 0.15) is 41.7 Å². The number of hydrogen-bond donors (Lipinski definition) is 0. The predicted octanol–water partition coefficient (Wildman–Crippen LogP) is 4.74. The van der Waals surface area contributed by atoms with E-state index < -0.39 is 4.92 Å². The first-order chi connectivity index (χ1) is 13.5. The molecule has 0 aliphatic carbocycles. The third-order valence-corrected chi connectivity index (χ3v) is 5.26. The minimum absolute atomic E-state index is 0.148. The second kappa shape index (κ2) is 8.60. The van der Waals surface area contributed by atoms with Crippen molar-refractivity contribution in [3.63, 3.8) is 0 Å². The fourth-order valence-corrected chi connectivity index (χ4v) is 3.91. The second-order valence-electron chi connectivity index (χ2n) is 6.42. The average Bonchev–Trinajstić information content (AvgIpc) is 3.17. The van der Waals surface area contributed by atoms with Crippen molar-refractivity contribution in [2.24, 2.45) is 0 Å². The van der Waals surface area contributed by atoms with Gasteiger partial charge in [-0.25, -0.2) is 0 Å². The van der Waals surface area contributed by atoms with Gasteiger partial charge >= 0.3 is 5.69 Å². The zero-order chi connectivity index (χ0) is 20.3. The van der Waals surface area contributed by atoms with Crippen LogP contribution in [0.25, 0.3) is 0 Å². The van der Waals surface area contributed by atoms with E-state index >= 15 is 0 Å². The smallest absolute Gasteiger partial charge is 0.311 e. The Kier molecular flexibility index (Phi) is 6.18. The van der Waals surface area contributed by atoms with E-state index in [2.05, 4.69) is 15.9 Å². The van der Waals surface area contributed by atoms with Crippen LogP contribution in [0.15, 0.2) is 40.9 Å². The number of hydrogen-bond acceptors (Lipinski definition) is 5. The lowest BCUT2D eigenvalue weighted by Crippen LogP contribution is -2.30. The molecule has 1 atom stereocenters. The maximum atomic E-state index is 13.2. The van der Waals surface area contributed by atoms with Crippen LogP contribution >= 0.6 is 15.9 Å². The number of likely N-dealkylation sites (tertiary alicyclic amines) is 1. The summed E-state index contributed by atoms with van der Waals surface area (Å²) in [6, 6.07) is 9.91. The summed E-state index contributed by atoms with van der Waals surface area (Å²) < 4.78 is 11.7. The number of rotatable bonds is 6. The minimum Gasteiger partial charge on any atom is -0.496 e. The van der Waals surface area contributed by atoms with E-state index in [9.17, 15) is 14.9 Å². The van der Waals surface area contributed by atoms with Crippen molar-refractivity contribution in [1.82, 2.24) is 4.90 Å². The van der Waals surface area contributed by atoms with E-state index in [4.69, 9.17) is 9.47 Å². The number of nitrogens with zero attached hydrogens (tertiary/aromatic N) is 2. The van der Waals surface area contributed by atoms with Crippen molar-refractivity contribution in [1.29, 1.82) is 0 Å². The molecule has 1 saturated heterocycles. The number of benzene rings is 2. The molecular weight excluding hydrogens is 428 g/mol. The first-order valence-electron chi connectivity index (χ1n) is 9.02. The van der Waals surface area contributed by atoms with Gasteiger partial charge in [0.2, 0.25) is 0 Å². The number of ether oxygens (including phenoxy) is 2. The highest BCUT2D eigenvalue weighted by molar-refractivity contribution is 9.10. The molecule has 0 N–H and O–H groups in total. The molecule has 0 aromatic heterocycles. The van der Waals surface area contributed by atoms with Crippen molar-refractivity contribution in [3.8, 4) is 11.5 Å². The average molecular weight is 449 g/mol. The zero-order valence-electron chi connectivity index (χ0n) is 15.7. The van der Waals surface area contributed by atoms with Gasteiger partial charge < -0.3 is 14.4 Å². The molecular formula is C20H21BrN2O5. The molecule has 1 heterocycles. The maximum absolute atomic E-state index is 13.2. The number of nitro benzene ring substituents is 1. The van der Waals surface area contributed by atoms with Gasteiger partial charge in [-0.3, -0.25) is 14.9 Å². The fraction of sp³-hybridized carbons (Fsp3) is 0.350. The molecule has 1 aliphatic heterocycles. The summed E-state index contributed by atoms with van der Waals surface area (Å²) in [5.74, 6) is 0.636. The molecule has 0 unspecified atom stereocenters. The lowest BCUT2D eigenvalue weighted by Gasteiger charge is -2.26. The summed E-state index contributed by atoms with van der Waals surface area (Å²) in [6.07, 6.45) is 1.66. The number of halogens is 1. The number of nitro groups is 1. The molecule has 7 nitrogen and oxygen atoms in total. The maximum Gasteiger partial charge on any atom is 0.311 e. The highest BCUT2D eigenvalue weighted by Crippen LogP contribution is 2.39. The molecule has 0 bridgehead atoms. The predicted molar refractivity (Wildman–Crippen MR) is 108 cm³/mol. The van der Waals surface area contributed by atoms with Gasteiger partial charge in [-0.15, -0.1) is 0 Å². The first-order valence-corrected chi connectivity index (χ1v) is 9.81. The van der Waals surface area contributed by atoms with Gasteiger partial charge in [-0.2, -0.15) is 0 Å². The standard InChI is InChI=1S/C20H21BrN2O5/c1-3-28-19-8-6-13(11-17(19)23(25)26)20(24)22-10-4-5-16(22)15-12-14(21)7-9-18(15)27-2/h6-9,11-12,16H,3-5,10H2,1-2H3/t16-/m0/s1. The molecule has 8 heteroatoms. The molecule has 2 aromatic carbocycles. The zero-order valence-corrected chi connectivity index (χ0v) is 17.3. The van der Waals surface area contributed by atoms with E-state index in [0.29, 0.717) is 18.9 Å². The van der Waals surface area contributed by atoms with Crippen LogP contribution in [-0.2, 0) is 0 Å². The molecule has 0 saturated carbocycles. The van der Waals surface area contributed by atoms with E-state index in [-0.39, 0.29) is 28.9 Å². The third kappa shape index (κ3) is 3.96. The Morgan fingerprint density at radius 2 is 2.04 bits per heavy atom. The molecule has 0 spiro atoms. The van der Waals surface area contributed by atoms with Gasteiger partial charge in [0.05, 0.1) is 24.7 Å². The third-order valence-electron chi connectivity index (χ3n) is 4.77. The van der Waals surface area contributed by atoms with Crippen molar-refractivity contribution in [3.05, 3.63) is 62.1 Å². The van der Waals surface area contributed by atoms with Gasteiger partial charge in [0.25, 0.3) is 5.91 Å². The Hall–Kier alpha value is -2.61. The summed E-state index contributed by atoms with van der Waals surface area (Å²) in [6.45, 7) is 2.65. The Bertz CT molecular complexity index is 902. The van der Waals surface area contributed by atoms with Gasteiger partial charge in [-0.1, -0.05) is 15.9 Å². The summed E-state index contributed by atoms with van der Waals surface area (Å²) in [5.41, 5.74) is 0.989. The molecule has 0 radical (unpaired) electrons. The lowest BCUT2D eigenvalue weighted by molar-refractivity contribution is -0.385. The molecule has 28 heavy (non-hydrogen) atoms. The minimum atomic E-state index is -0.527. The summed E-state index contributed by atoms with van der Waals surface area (Å²) >= 11 is 3.47. The largest absolute Gasteiger partial charge is 0.496 e. The van der Waals surface area contributed by atoms with Crippen LogP contribution in [0.5, 0.6) is 11.5 Å². The van der Waals surface area contributed by atoms with Gasteiger partial charge in [-0.05, 0) is 50.1 Å². The van der Waals surface area contributed by atoms with E-state index in [0.717, 1.165) is 22.9 Å². The number of carbonyl (C=O) groups excluding carboxylic acids is 1. The second-order valence-corrected chi connectivity index (χ2v) is 7.33. The van der Waals surface area contributed by atoms with E-state index in [1.807, 2.05) is 18.2 Å². The number of methoxy groups -OCH3 is 1. The SMILES string of the molecule is CCOc1ccc(C(=O)N2CCC[C@H]2c2cc(Br)ccc2OC)cc1[N+](=O)[O-]. The van der Waals surface area contributed by atoms with Crippen LogP contribution in [0.4, 0.5) is 5.69 Å². The molecule has 1 fully saturated rings. The molecule has 3 rings (SSSR count). The Morgan fingerprint density at radius 3 is 2.71 bits per heavy atom. The summed E-state index contributed by atoms with van der Waals surface area (Å²) in [7, 11) is 1.60. The van der Waals surface area contributed by atoms with Crippen molar-refractivity contribution >= 4 is 27.5 Å². The quantitative estimate of drug-likeness (QED) is 0.470. The highest BCUT2D eigenvalue weighted by Gasteiger charge is 2.33. The molecule has 1 amide bonds. The Labute approximate surface area is 171 Å². The van der Waals surface area contributed by atoms with Gasteiger partial charge in [0.15, 0.2) is 5.75 Å². The van der Waals surface area contributed by atoms with Crippen LogP contribution < -0.4 is 9.47 Å². The number of carbonyl (C=O) groups is 1. The van der Waals surface area contributed by atoms with Crippen molar-refractivity contribution in [2.75, 3.05) is 20.3 Å². The highest BCUT2D eigenvalue weighted by atomic mass is 79.9. The van der Waals surface area contributed by atoms with Crippen molar-refractivity contribution in [2.45, 2.75) is 25.8 Å². The normalized spacial score (nSPS) is 16.1. The molecule has 1 aliphatic rings. The molecule has 2 aromatic rings. The van der Waals surface area contributed by atoms with Gasteiger partial charge in [0.1, 0.15) is 5.75 Å². The Balaban J connectivity index is 1.95. The monoisotopic (exact) mass is 448 g/mol. The topological polar surface area (TPSA) is 81.9 Å². The lowest BCUT2D eigenvalue weighted by atomic mass is 10.0. The van der Waals surface area contributed by atoms with Crippen LogP contribution in [0, 0.1) is 10.1 Å². The van der Waals surface area contributed by atoms with Crippen LogP contribution in [-0.4, -0.2) is 36.0 Å².